The minimum absolute atomic E-state index is 0.0466. The third-order valence-electron chi connectivity index (χ3n) is 7.82. The zero-order valence-corrected chi connectivity index (χ0v) is 25.6. The first-order valence-corrected chi connectivity index (χ1v) is 14.4. The molecule has 0 bridgehead atoms. The molecule has 0 aliphatic carbocycles. The molecule has 222 valence electrons. The summed E-state index contributed by atoms with van der Waals surface area (Å²) in [6, 6.07) is 12.1. The van der Waals surface area contributed by atoms with Gasteiger partial charge in [-0.05, 0) is 61.2 Å². The number of anilines is 1. The Bertz CT molecular complexity index is 1840. The average molecular weight is 603 g/mol. The first kappa shape index (κ1) is 28.7. The predicted octanol–water partition coefficient (Wildman–Crippen LogP) is 6.21. The fourth-order valence-corrected chi connectivity index (χ4v) is 5.65. The van der Waals surface area contributed by atoms with Crippen LogP contribution >= 0.6 is 11.6 Å². The van der Waals surface area contributed by atoms with Crippen LogP contribution in [0.3, 0.4) is 0 Å². The second-order valence-electron chi connectivity index (χ2n) is 12.5. The van der Waals surface area contributed by atoms with E-state index in [1.165, 1.54) is 12.1 Å². The Morgan fingerprint density at radius 2 is 1.88 bits per heavy atom. The first-order chi connectivity index (χ1) is 20.3. The monoisotopic (exact) mass is 602 g/mol. The summed E-state index contributed by atoms with van der Waals surface area (Å²) in [5, 5.41) is 14.3. The van der Waals surface area contributed by atoms with Gasteiger partial charge < -0.3 is 14.2 Å². The quantitative estimate of drug-likeness (QED) is 0.258. The second kappa shape index (κ2) is 10.4. The van der Waals surface area contributed by atoms with Crippen LogP contribution in [-0.4, -0.2) is 66.6 Å². The number of piperazine rings is 1. The number of pyridine rings is 2. The average Bonchev–Trinajstić information content (AvgIpc) is 3.63. The topological polar surface area (TPSA) is 117 Å². The molecule has 1 N–H and O–H groups in total. The molecule has 0 atom stereocenters. The number of amides is 1. The summed E-state index contributed by atoms with van der Waals surface area (Å²) < 4.78 is 20.5. The molecule has 6 rings (SSSR count). The van der Waals surface area contributed by atoms with Gasteiger partial charge in [-0.15, -0.1) is 10.2 Å². The van der Waals surface area contributed by atoms with Crippen LogP contribution in [0.5, 0.6) is 0 Å². The molecule has 1 aliphatic heterocycles. The van der Waals surface area contributed by atoms with Crippen molar-refractivity contribution < 1.29 is 13.6 Å². The summed E-state index contributed by atoms with van der Waals surface area (Å²) >= 11 is 5.91. The fraction of sp³-hybridized carbons (Fsp3) is 0.355. The Kier molecular flexibility index (Phi) is 6.95. The fourth-order valence-electron chi connectivity index (χ4n) is 5.53. The van der Waals surface area contributed by atoms with E-state index < -0.39 is 11.4 Å². The highest BCUT2D eigenvalue weighted by atomic mass is 35.5. The van der Waals surface area contributed by atoms with Gasteiger partial charge in [-0.3, -0.25) is 4.79 Å². The molecule has 4 aromatic heterocycles. The van der Waals surface area contributed by atoms with Crippen molar-refractivity contribution in [3.63, 3.8) is 0 Å². The Balaban J connectivity index is 1.30. The third kappa shape index (κ3) is 5.33. The number of fused-ring (bicyclic) bond motifs is 1. The van der Waals surface area contributed by atoms with Crippen LogP contribution in [0.2, 0.25) is 5.02 Å². The maximum absolute atomic E-state index is 14.3. The summed E-state index contributed by atoms with van der Waals surface area (Å²) in [5.41, 5.74) is 3.85. The van der Waals surface area contributed by atoms with Crippen molar-refractivity contribution in [2.24, 2.45) is 0 Å². The Morgan fingerprint density at radius 3 is 2.56 bits per heavy atom. The smallest absolute Gasteiger partial charge is 0.290 e. The number of aromatic amines is 1. The minimum atomic E-state index is -0.542. The lowest BCUT2D eigenvalue weighted by atomic mass is 9.86. The van der Waals surface area contributed by atoms with Crippen molar-refractivity contribution >= 4 is 34.4 Å². The number of aromatic nitrogens is 6. The molecule has 0 unspecified atom stereocenters. The molecule has 1 fully saturated rings. The van der Waals surface area contributed by atoms with Gasteiger partial charge >= 0.3 is 0 Å². The summed E-state index contributed by atoms with van der Waals surface area (Å²) in [6.07, 6.45) is 0. The molecule has 12 heteroatoms. The molecule has 10 nitrogen and oxygen atoms in total. The number of carbonyl (C=O) groups is 1. The Labute approximate surface area is 253 Å². The molecule has 5 heterocycles. The molecular weight excluding hydrogens is 571 g/mol. The van der Waals surface area contributed by atoms with Gasteiger partial charge in [0.15, 0.2) is 11.3 Å². The van der Waals surface area contributed by atoms with Gasteiger partial charge in [0.25, 0.3) is 5.91 Å². The number of carbonyl (C=O) groups excluding carboxylic acids is 1. The van der Waals surface area contributed by atoms with Gasteiger partial charge in [0.2, 0.25) is 5.82 Å². The zero-order chi connectivity index (χ0) is 30.7. The van der Waals surface area contributed by atoms with Crippen LogP contribution in [0, 0.1) is 12.7 Å². The van der Waals surface area contributed by atoms with Gasteiger partial charge in [-0.1, -0.05) is 44.5 Å². The molecular formula is C31H32ClFN8O2. The van der Waals surface area contributed by atoms with Gasteiger partial charge in [-0.25, -0.2) is 14.4 Å². The lowest BCUT2D eigenvalue weighted by Crippen LogP contribution is -2.61. The number of aryl methyl sites for hydroxylation is 1. The van der Waals surface area contributed by atoms with Crippen LogP contribution in [0.25, 0.3) is 33.9 Å². The highest BCUT2D eigenvalue weighted by Crippen LogP contribution is 2.36. The van der Waals surface area contributed by atoms with E-state index in [0.717, 1.165) is 16.9 Å². The number of benzene rings is 1. The maximum atomic E-state index is 14.3. The number of nitrogens with one attached hydrogen (secondary N) is 1. The summed E-state index contributed by atoms with van der Waals surface area (Å²) in [6.45, 7) is 13.8. The molecule has 0 spiro atoms. The molecule has 0 saturated carbocycles. The number of tetrazole rings is 1. The number of halogens is 2. The number of hydrogen-bond donors (Lipinski definition) is 1. The maximum Gasteiger partial charge on any atom is 0.290 e. The standard InChI is InChI=1S/C31H32ClFN8O2/c1-17-7-10-25(35-26(17)28-36-38-39-37-28)40-11-12-41(31(5,6)16-40)29(42)24-15-23-27(43-24)19(30(2,3)4)14-22(34-23)18-8-9-20(32)21(33)13-18/h7-10,13-15H,11-12,16H2,1-6H3,(H,36,37,38,39). The summed E-state index contributed by atoms with van der Waals surface area (Å²) in [4.78, 5) is 27.5. The van der Waals surface area contributed by atoms with Crippen molar-refractivity contribution in [1.82, 2.24) is 35.5 Å². The van der Waals surface area contributed by atoms with E-state index in [4.69, 9.17) is 26.0 Å². The predicted molar refractivity (Wildman–Crippen MR) is 163 cm³/mol. The van der Waals surface area contributed by atoms with Crippen molar-refractivity contribution in [2.75, 3.05) is 24.5 Å². The normalized spacial score (nSPS) is 15.3. The number of furan rings is 1. The van der Waals surface area contributed by atoms with Gasteiger partial charge in [0.1, 0.15) is 22.8 Å². The van der Waals surface area contributed by atoms with Gasteiger partial charge in [-0.2, -0.15) is 5.21 Å². The van der Waals surface area contributed by atoms with Crippen molar-refractivity contribution in [1.29, 1.82) is 0 Å². The molecule has 1 saturated heterocycles. The van der Waals surface area contributed by atoms with E-state index in [1.54, 1.807) is 12.1 Å². The zero-order valence-electron chi connectivity index (χ0n) is 24.9. The Morgan fingerprint density at radius 1 is 1.09 bits per heavy atom. The van der Waals surface area contributed by atoms with Crippen LogP contribution in [0.4, 0.5) is 10.2 Å². The van der Waals surface area contributed by atoms with E-state index >= 15 is 0 Å². The third-order valence-corrected chi connectivity index (χ3v) is 8.13. The lowest BCUT2D eigenvalue weighted by molar-refractivity contribution is 0.0483. The van der Waals surface area contributed by atoms with Crippen LogP contribution in [0.1, 0.15) is 56.3 Å². The van der Waals surface area contributed by atoms with Crippen molar-refractivity contribution in [2.45, 2.75) is 52.5 Å². The van der Waals surface area contributed by atoms with E-state index in [-0.39, 0.29) is 22.1 Å². The van der Waals surface area contributed by atoms with Crippen molar-refractivity contribution in [3.05, 3.63) is 70.2 Å². The Hall–Kier alpha value is -4.38. The van der Waals surface area contributed by atoms with E-state index in [0.29, 0.717) is 53.5 Å². The van der Waals surface area contributed by atoms with Crippen molar-refractivity contribution in [3.8, 4) is 22.8 Å². The second-order valence-corrected chi connectivity index (χ2v) is 12.9. The van der Waals surface area contributed by atoms with Gasteiger partial charge in [0.05, 0.1) is 16.3 Å². The van der Waals surface area contributed by atoms with Crippen LogP contribution in [-0.2, 0) is 5.41 Å². The number of rotatable bonds is 4. The highest BCUT2D eigenvalue weighted by Gasteiger charge is 2.39. The number of H-pyrrole nitrogens is 1. The van der Waals surface area contributed by atoms with Crippen LogP contribution in [0.15, 0.2) is 46.9 Å². The minimum Gasteiger partial charge on any atom is -0.449 e. The molecule has 1 aromatic carbocycles. The van der Waals surface area contributed by atoms with E-state index in [9.17, 15) is 9.18 Å². The molecule has 0 radical (unpaired) electrons. The van der Waals surface area contributed by atoms with Crippen LogP contribution < -0.4 is 4.90 Å². The molecule has 1 amide bonds. The summed E-state index contributed by atoms with van der Waals surface area (Å²) in [7, 11) is 0. The summed E-state index contributed by atoms with van der Waals surface area (Å²) in [5.74, 6) is 0.687. The molecule has 5 aromatic rings. The highest BCUT2D eigenvalue weighted by molar-refractivity contribution is 6.30. The SMILES string of the molecule is Cc1ccc(N2CCN(C(=O)c3cc4nc(-c5ccc(Cl)c(F)c5)cc(C(C)(C)C)c4o3)C(C)(C)C2)nc1-c1nn[nH]n1. The molecule has 1 aliphatic rings. The van der Waals surface area contributed by atoms with Gasteiger partial charge in [0, 0.05) is 36.8 Å². The largest absolute Gasteiger partial charge is 0.449 e. The number of nitrogens with zero attached hydrogens (tertiary/aromatic N) is 7. The number of hydrogen-bond acceptors (Lipinski definition) is 8. The lowest BCUT2D eigenvalue weighted by Gasteiger charge is -2.47. The van der Waals surface area contributed by atoms with E-state index in [2.05, 4.69) is 46.3 Å². The molecule has 43 heavy (non-hydrogen) atoms. The first-order valence-electron chi connectivity index (χ1n) is 14.0. The van der Waals surface area contributed by atoms with E-state index in [1.807, 2.05) is 43.9 Å².